The molecule has 0 aliphatic carbocycles. The third-order valence-electron chi connectivity index (χ3n) is 11.0. The number of thiophene rings is 1. The first-order valence-electron chi connectivity index (χ1n) is 19.2. The predicted octanol–water partition coefficient (Wildman–Crippen LogP) is 14.0. The molecule has 0 bridgehead atoms. The van der Waals surface area contributed by atoms with E-state index in [-0.39, 0.29) is 0 Å². The second-order valence-electron chi connectivity index (χ2n) is 14.5. The number of rotatable bonds is 6. The van der Waals surface area contributed by atoms with Crippen LogP contribution in [-0.4, -0.2) is 19.5 Å². The fourth-order valence-corrected chi connectivity index (χ4v) is 9.37. The average molecular weight is 747 g/mol. The van der Waals surface area contributed by atoms with Gasteiger partial charge in [-0.3, -0.25) is 0 Å². The zero-order chi connectivity index (χ0) is 37.9. The summed E-state index contributed by atoms with van der Waals surface area (Å²) in [7, 11) is 0. The van der Waals surface area contributed by atoms with Gasteiger partial charge >= 0.3 is 0 Å². The number of aromatic nitrogens is 4. The molecule has 0 saturated heterocycles. The van der Waals surface area contributed by atoms with Crippen molar-refractivity contribution in [2.24, 2.45) is 0 Å². The minimum Gasteiger partial charge on any atom is -0.309 e. The maximum atomic E-state index is 5.27. The molecule has 0 N–H and O–H groups in total. The molecular weight excluding hydrogens is 713 g/mol. The standard InChI is InChI=1S/C52H34N4S/c1-33-14-8-9-19-39(33)38-26-29-46-43(31-38)40-20-10-12-22-45(40)56(46)47-28-25-36(37-24-27-42-41-21-11-13-23-48(41)57-49(42)32-37)30-44(47)52-54-50(34-15-4-2-5-16-34)53-51(55-52)35-17-6-3-7-18-35/h2-32H,1H3. The van der Waals surface area contributed by atoms with E-state index in [9.17, 15) is 0 Å². The van der Waals surface area contributed by atoms with E-state index in [1.807, 2.05) is 47.7 Å². The fourth-order valence-electron chi connectivity index (χ4n) is 8.22. The largest absolute Gasteiger partial charge is 0.309 e. The van der Waals surface area contributed by atoms with Crippen LogP contribution < -0.4 is 0 Å². The summed E-state index contributed by atoms with van der Waals surface area (Å²) in [5, 5.41) is 4.97. The van der Waals surface area contributed by atoms with Crippen molar-refractivity contribution in [3.63, 3.8) is 0 Å². The monoisotopic (exact) mass is 746 g/mol. The van der Waals surface area contributed by atoms with E-state index in [1.165, 1.54) is 47.6 Å². The number of hydrogen-bond donors (Lipinski definition) is 0. The van der Waals surface area contributed by atoms with Gasteiger partial charge in [0, 0.05) is 47.6 Å². The predicted molar refractivity (Wildman–Crippen MR) is 239 cm³/mol. The highest BCUT2D eigenvalue weighted by atomic mass is 32.1. The zero-order valence-corrected chi connectivity index (χ0v) is 31.9. The number of fused-ring (bicyclic) bond motifs is 6. The molecule has 3 heterocycles. The van der Waals surface area contributed by atoms with Gasteiger partial charge in [-0.05, 0) is 77.2 Å². The van der Waals surface area contributed by atoms with Crippen LogP contribution in [0.5, 0.6) is 0 Å². The lowest BCUT2D eigenvalue weighted by atomic mass is 9.98. The van der Waals surface area contributed by atoms with E-state index in [0.29, 0.717) is 17.5 Å². The molecule has 0 spiro atoms. The van der Waals surface area contributed by atoms with Gasteiger partial charge in [-0.2, -0.15) is 0 Å². The number of benzene rings is 8. The Morgan fingerprint density at radius 2 is 0.947 bits per heavy atom. The Bertz CT molecular complexity index is 3250. The molecule has 4 nitrogen and oxygen atoms in total. The molecule has 0 aliphatic heterocycles. The van der Waals surface area contributed by atoms with Crippen LogP contribution in [0.1, 0.15) is 5.56 Å². The summed E-state index contributed by atoms with van der Waals surface area (Å²) >= 11 is 1.84. The smallest absolute Gasteiger partial charge is 0.166 e. The molecule has 8 aromatic carbocycles. The molecule has 57 heavy (non-hydrogen) atoms. The van der Waals surface area contributed by atoms with E-state index in [0.717, 1.165) is 44.5 Å². The van der Waals surface area contributed by atoms with Crippen molar-refractivity contribution in [3.8, 4) is 62.1 Å². The molecule has 0 aliphatic rings. The van der Waals surface area contributed by atoms with Crippen molar-refractivity contribution in [1.29, 1.82) is 0 Å². The molecule has 0 fully saturated rings. The molecule has 0 atom stereocenters. The normalized spacial score (nSPS) is 11.6. The van der Waals surface area contributed by atoms with Crippen LogP contribution >= 0.6 is 11.3 Å². The van der Waals surface area contributed by atoms with Crippen molar-refractivity contribution in [1.82, 2.24) is 19.5 Å². The Hall–Kier alpha value is -7.21. The van der Waals surface area contributed by atoms with Gasteiger partial charge in [0.15, 0.2) is 17.5 Å². The van der Waals surface area contributed by atoms with E-state index >= 15 is 0 Å². The van der Waals surface area contributed by atoms with Crippen LogP contribution in [0.4, 0.5) is 0 Å². The van der Waals surface area contributed by atoms with Gasteiger partial charge < -0.3 is 4.57 Å². The van der Waals surface area contributed by atoms with Crippen molar-refractivity contribution in [3.05, 3.63) is 194 Å². The molecule has 0 unspecified atom stereocenters. The van der Waals surface area contributed by atoms with Gasteiger partial charge in [0.25, 0.3) is 0 Å². The van der Waals surface area contributed by atoms with E-state index in [2.05, 4.69) is 163 Å². The number of aryl methyl sites for hydroxylation is 1. The van der Waals surface area contributed by atoms with Crippen LogP contribution in [0.25, 0.3) is 104 Å². The van der Waals surface area contributed by atoms with Crippen LogP contribution in [0.15, 0.2) is 188 Å². The Kier molecular flexibility index (Phi) is 7.86. The van der Waals surface area contributed by atoms with Crippen molar-refractivity contribution in [2.75, 3.05) is 0 Å². The van der Waals surface area contributed by atoms with Crippen molar-refractivity contribution in [2.45, 2.75) is 6.92 Å². The minimum absolute atomic E-state index is 0.616. The minimum atomic E-state index is 0.616. The van der Waals surface area contributed by atoms with Gasteiger partial charge in [0.1, 0.15) is 0 Å². The highest BCUT2D eigenvalue weighted by Gasteiger charge is 2.21. The topological polar surface area (TPSA) is 43.6 Å². The zero-order valence-electron chi connectivity index (χ0n) is 31.1. The molecular formula is C52H34N4S. The highest BCUT2D eigenvalue weighted by Crippen LogP contribution is 2.41. The van der Waals surface area contributed by atoms with Gasteiger partial charge in [-0.15, -0.1) is 11.3 Å². The summed E-state index contributed by atoms with van der Waals surface area (Å²) in [6.45, 7) is 2.18. The van der Waals surface area contributed by atoms with E-state index in [4.69, 9.17) is 15.0 Å². The lowest BCUT2D eigenvalue weighted by molar-refractivity contribution is 1.06. The third kappa shape index (κ3) is 5.71. The lowest BCUT2D eigenvalue weighted by Crippen LogP contribution is -2.04. The molecule has 268 valence electrons. The van der Waals surface area contributed by atoms with Gasteiger partial charge in [-0.25, -0.2) is 15.0 Å². The Labute approximate surface area is 334 Å². The molecule has 11 aromatic rings. The summed E-state index contributed by atoms with van der Waals surface area (Å²) < 4.78 is 4.95. The Morgan fingerprint density at radius 1 is 0.368 bits per heavy atom. The second-order valence-corrected chi connectivity index (χ2v) is 15.6. The van der Waals surface area contributed by atoms with Gasteiger partial charge in [0.2, 0.25) is 0 Å². The molecule has 5 heteroatoms. The molecule has 3 aromatic heterocycles. The van der Waals surface area contributed by atoms with Gasteiger partial charge in [0.05, 0.1) is 16.7 Å². The summed E-state index contributed by atoms with van der Waals surface area (Å²) in [5.41, 5.74) is 12.0. The quantitative estimate of drug-likeness (QED) is 0.170. The summed E-state index contributed by atoms with van der Waals surface area (Å²) in [6, 6.07) is 66.8. The number of nitrogens with zero attached hydrogens (tertiary/aromatic N) is 4. The number of para-hydroxylation sites is 1. The van der Waals surface area contributed by atoms with Crippen molar-refractivity contribution >= 4 is 53.3 Å². The molecule has 0 amide bonds. The average Bonchev–Trinajstić information content (AvgIpc) is 3.82. The van der Waals surface area contributed by atoms with E-state index in [1.54, 1.807) is 0 Å². The Morgan fingerprint density at radius 3 is 1.72 bits per heavy atom. The first-order valence-corrected chi connectivity index (χ1v) is 20.0. The first kappa shape index (κ1) is 33.2. The lowest BCUT2D eigenvalue weighted by Gasteiger charge is -2.16. The SMILES string of the molecule is Cc1ccccc1-c1ccc2c(c1)c1ccccc1n2-c1ccc(-c2ccc3c(c2)sc2ccccc23)cc1-c1nc(-c2ccccc2)nc(-c2ccccc2)n1. The Balaban J connectivity index is 1.19. The maximum Gasteiger partial charge on any atom is 0.166 e. The molecule has 0 radical (unpaired) electrons. The van der Waals surface area contributed by atoms with Crippen LogP contribution in [0, 0.1) is 6.92 Å². The summed E-state index contributed by atoms with van der Waals surface area (Å²) in [4.78, 5) is 15.6. The maximum absolute atomic E-state index is 5.27. The molecule has 0 saturated carbocycles. The molecule has 11 rings (SSSR count). The van der Waals surface area contributed by atoms with E-state index < -0.39 is 0 Å². The first-order chi connectivity index (χ1) is 28.2. The third-order valence-corrected chi connectivity index (χ3v) is 12.2. The van der Waals surface area contributed by atoms with Crippen LogP contribution in [0.2, 0.25) is 0 Å². The summed E-state index contributed by atoms with van der Waals surface area (Å²) in [5.74, 6) is 1.88. The fraction of sp³-hybridized carbons (Fsp3) is 0.0192. The number of hydrogen-bond acceptors (Lipinski definition) is 4. The van der Waals surface area contributed by atoms with Gasteiger partial charge in [-0.1, -0.05) is 146 Å². The van der Waals surface area contributed by atoms with Crippen molar-refractivity contribution < 1.29 is 0 Å². The second kappa shape index (κ2) is 13.5. The highest BCUT2D eigenvalue weighted by molar-refractivity contribution is 7.25. The van der Waals surface area contributed by atoms with Crippen LogP contribution in [0.3, 0.4) is 0 Å². The summed E-state index contributed by atoms with van der Waals surface area (Å²) in [6.07, 6.45) is 0. The van der Waals surface area contributed by atoms with Crippen LogP contribution in [-0.2, 0) is 0 Å².